The summed E-state index contributed by atoms with van der Waals surface area (Å²) in [6.07, 6.45) is 37.7. The Balaban J connectivity index is 2.58. The van der Waals surface area contributed by atoms with E-state index in [4.69, 9.17) is 33.2 Å². The molecule has 0 amide bonds. The van der Waals surface area contributed by atoms with Crippen molar-refractivity contribution in [2.75, 3.05) is 87.5 Å². The van der Waals surface area contributed by atoms with E-state index in [0.717, 1.165) is 89.6 Å². The summed E-state index contributed by atoms with van der Waals surface area (Å²) < 4.78 is 43.3. The van der Waals surface area contributed by atoms with Crippen LogP contribution < -0.4 is 0 Å². The smallest absolute Gasteiger partial charge is 0.309 e. The highest BCUT2D eigenvalue weighted by atomic mass is 16.7. The van der Waals surface area contributed by atoms with Crippen LogP contribution in [-0.2, 0) is 42.7 Å². The van der Waals surface area contributed by atoms with Gasteiger partial charge in [0.05, 0.1) is 12.8 Å². The van der Waals surface area contributed by atoms with Crippen molar-refractivity contribution >= 4 is 11.9 Å². The van der Waals surface area contributed by atoms with Crippen molar-refractivity contribution in [1.82, 2.24) is 9.80 Å². The summed E-state index contributed by atoms with van der Waals surface area (Å²) in [4.78, 5) is 29.6. The molecule has 0 aliphatic carbocycles. The molecule has 1 fully saturated rings. The SMILES string of the molecule is CCCCCC(CCCCC)CCOCCCCCCCCCO[C@@H]1[C@H](OC(=O)CCN(C)C)O[C@H](COC(=O)CCN(C)C)[C@@H]1OCCCCCCCCCOCCC(CCCCC)CCCCC. The van der Waals surface area contributed by atoms with Gasteiger partial charge in [0, 0.05) is 52.7 Å². The first-order valence-corrected chi connectivity index (χ1v) is 29.8. The molecule has 4 atom stereocenters. The number of unbranched alkanes of at least 4 members (excludes halogenated alkanes) is 20. The van der Waals surface area contributed by atoms with Crippen LogP contribution in [0, 0.1) is 11.8 Å². The molecule has 0 N–H and O–H groups in total. The van der Waals surface area contributed by atoms with Gasteiger partial charge in [0.2, 0.25) is 6.29 Å². The third-order valence-electron chi connectivity index (χ3n) is 14.1. The molecule has 70 heavy (non-hydrogen) atoms. The normalized spacial score (nSPS) is 17.3. The van der Waals surface area contributed by atoms with Gasteiger partial charge in [0.25, 0.3) is 0 Å². The van der Waals surface area contributed by atoms with Crippen LogP contribution in [0.5, 0.6) is 0 Å². The second kappa shape index (κ2) is 48.6. The average molecular weight is 998 g/mol. The first kappa shape index (κ1) is 66.7. The van der Waals surface area contributed by atoms with Gasteiger partial charge in [0.1, 0.15) is 24.9 Å². The molecule has 0 radical (unpaired) electrons. The van der Waals surface area contributed by atoms with Crippen molar-refractivity contribution in [3.8, 4) is 0 Å². The van der Waals surface area contributed by atoms with E-state index in [1.54, 1.807) is 0 Å². The Bertz CT molecular complexity index is 1120. The van der Waals surface area contributed by atoms with E-state index >= 15 is 0 Å². The van der Waals surface area contributed by atoms with Crippen molar-refractivity contribution < 1.29 is 42.7 Å². The fraction of sp³-hybridized carbons (Fsp3) is 0.966. The Morgan fingerprint density at radius 3 is 1.20 bits per heavy atom. The molecule has 416 valence electrons. The van der Waals surface area contributed by atoms with Gasteiger partial charge in [-0.25, -0.2) is 0 Å². The van der Waals surface area contributed by atoms with Crippen molar-refractivity contribution in [1.29, 1.82) is 0 Å². The van der Waals surface area contributed by atoms with Crippen LogP contribution in [0.3, 0.4) is 0 Å². The minimum absolute atomic E-state index is 0.0222. The Labute approximate surface area is 433 Å². The molecule has 1 heterocycles. The summed E-state index contributed by atoms with van der Waals surface area (Å²) in [5.41, 5.74) is 0. The summed E-state index contributed by atoms with van der Waals surface area (Å²) >= 11 is 0. The van der Waals surface area contributed by atoms with Crippen LogP contribution in [0.4, 0.5) is 0 Å². The van der Waals surface area contributed by atoms with Gasteiger partial charge in [-0.1, -0.05) is 195 Å². The Morgan fingerprint density at radius 2 is 0.800 bits per heavy atom. The molecule has 0 aromatic rings. The Kier molecular flexibility index (Phi) is 46.3. The maximum absolute atomic E-state index is 13.0. The zero-order valence-corrected chi connectivity index (χ0v) is 47.4. The molecule has 11 heteroatoms. The zero-order chi connectivity index (χ0) is 51.1. The lowest BCUT2D eigenvalue weighted by atomic mass is 9.92. The molecule has 11 nitrogen and oxygen atoms in total. The van der Waals surface area contributed by atoms with Crippen molar-refractivity contribution in [3.63, 3.8) is 0 Å². The van der Waals surface area contributed by atoms with E-state index in [1.165, 1.54) is 154 Å². The predicted octanol–water partition coefficient (Wildman–Crippen LogP) is 14.3. The standard InChI is InChI=1S/C59H116N2O9/c1-9-13-27-35-52(36-28-14-10-2)41-49-64-45-31-23-19-17-21-25-33-47-66-57-54(51-68-55(62)39-43-60(5)6)69-59(70-56(63)40-44-61(7)8)58(57)67-48-34-26-22-18-20-24-32-46-65-50-42-53(37-29-15-11-3)38-30-16-12-4/h52-54,57-59H,9-51H2,1-8H3/t54-,57+,58+,59+/m1/s1. The van der Waals surface area contributed by atoms with Crippen LogP contribution in [0.25, 0.3) is 0 Å². The molecule has 0 saturated carbocycles. The molecule has 1 saturated heterocycles. The van der Waals surface area contributed by atoms with Crippen LogP contribution in [0.1, 0.15) is 246 Å². The molecule has 1 aliphatic heterocycles. The highest BCUT2D eigenvalue weighted by Gasteiger charge is 2.49. The largest absolute Gasteiger partial charge is 0.463 e. The number of ether oxygens (including phenoxy) is 7. The molecule has 0 bridgehead atoms. The predicted molar refractivity (Wildman–Crippen MR) is 291 cm³/mol. The average Bonchev–Trinajstić information content (AvgIpc) is 3.66. The van der Waals surface area contributed by atoms with Gasteiger partial charge in [-0.15, -0.1) is 0 Å². The summed E-state index contributed by atoms with van der Waals surface area (Å²) in [5.74, 6) is 1.03. The lowest BCUT2D eigenvalue weighted by Crippen LogP contribution is -2.41. The molecule has 0 unspecified atom stereocenters. The molecule has 0 aromatic heterocycles. The van der Waals surface area contributed by atoms with Crippen molar-refractivity contribution in [3.05, 3.63) is 0 Å². The second-order valence-corrected chi connectivity index (χ2v) is 21.5. The summed E-state index contributed by atoms with van der Waals surface area (Å²) in [6.45, 7) is 15.0. The second-order valence-electron chi connectivity index (χ2n) is 21.5. The summed E-state index contributed by atoms with van der Waals surface area (Å²) in [5, 5.41) is 0. The van der Waals surface area contributed by atoms with Crippen LogP contribution >= 0.6 is 0 Å². The van der Waals surface area contributed by atoms with E-state index in [2.05, 4.69) is 27.7 Å². The lowest BCUT2D eigenvalue weighted by Gasteiger charge is -2.25. The monoisotopic (exact) mass is 997 g/mol. The van der Waals surface area contributed by atoms with E-state index in [9.17, 15) is 9.59 Å². The van der Waals surface area contributed by atoms with E-state index in [1.807, 2.05) is 38.0 Å². The van der Waals surface area contributed by atoms with Gasteiger partial charge in [-0.2, -0.15) is 0 Å². The van der Waals surface area contributed by atoms with Crippen LogP contribution in [-0.4, -0.2) is 134 Å². The summed E-state index contributed by atoms with van der Waals surface area (Å²) in [6, 6.07) is 0. The van der Waals surface area contributed by atoms with E-state index in [0.29, 0.717) is 26.3 Å². The van der Waals surface area contributed by atoms with Gasteiger partial charge in [-0.05, 0) is 78.6 Å². The minimum atomic E-state index is -0.928. The van der Waals surface area contributed by atoms with Gasteiger partial charge in [-0.3, -0.25) is 9.59 Å². The number of nitrogens with zero attached hydrogens (tertiary/aromatic N) is 2. The van der Waals surface area contributed by atoms with Gasteiger partial charge < -0.3 is 43.0 Å². The molecular formula is C59H116N2O9. The fourth-order valence-electron chi connectivity index (χ4n) is 9.48. The Morgan fingerprint density at radius 1 is 0.429 bits per heavy atom. The van der Waals surface area contributed by atoms with Gasteiger partial charge in [0.15, 0.2) is 0 Å². The van der Waals surface area contributed by atoms with Crippen molar-refractivity contribution in [2.45, 2.75) is 271 Å². The quantitative estimate of drug-likeness (QED) is 0.0430. The maximum Gasteiger partial charge on any atom is 0.309 e. The minimum Gasteiger partial charge on any atom is -0.463 e. The number of rotatable bonds is 53. The van der Waals surface area contributed by atoms with E-state index < -0.39 is 24.6 Å². The number of carbonyl (C=O) groups excluding carboxylic acids is 2. The molecule has 1 aliphatic rings. The number of hydrogen-bond acceptors (Lipinski definition) is 11. The van der Waals surface area contributed by atoms with Crippen molar-refractivity contribution in [2.24, 2.45) is 11.8 Å². The van der Waals surface area contributed by atoms with Crippen LogP contribution in [0.15, 0.2) is 0 Å². The number of hydrogen-bond donors (Lipinski definition) is 0. The zero-order valence-electron chi connectivity index (χ0n) is 47.4. The molecule has 0 spiro atoms. The van der Waals surface area contributed by atoms with Crippen LogP contribution in [0.2, 0.25) is 0 Å². The lowest BCUT2D eigenvalue weighted by molar-refractivity contribution is -0.197. The first-order chi connectivity index (χ1) is 34.1. The molecule has 0 aromatic carbocycles. The fourth-order valence-corrected chi connectivity index (χ4v) is 9.48. The van der Waals surface area contributed by atoms with E-state index in [-0.39, 0.29) is 31.4 Å². The topological polar surface area (TPSA) is 105 Å². The summed E-state index contributed by atoms with van der Waals surface area (Å²) in [7, 11) is 7.74. The van der Waals surface area contributed by atoms with Gasteiger partial charge >= 0.3 is 11.9 Å². The highest BCUT2D eigenvalue weighted by Crippen LogP contribution is 2.30. The first-order valence-electron chi connectivity index (χ1n) is 29.8. The number of esters is 2. The Hall–Kier alpha value is -1.34. The highest BCUT2D eigenvalue weighted by molar-refractivity contribution is 5.70. The molecule has 1 rings (SSSR count). The third-order valence-corrected chi connectivity index (χ3v) is 14.1. The number of carbonyl (C=O) groups is 2. The third kappa shape index (κ3) is 39.2. The molecular weight excluding hydrogens is 881 g/mol. The maximum atomic E-state index is 13.0.